The van der Waals surface area contributed by atoms with Gasteiger partial charge in [0.1, 0.15) is 66.6 Å². The second-order valence-electron chi connectivity index (χ2n) is 12.7. The molecule has 0 aromatic heterocycles. The molecule has 1 amide bonds. The van der Waals surface area contributed by atoms with Crippen LogP contribution in [0.25, 0.3) is 0 Å². The van der Waals surface area contributed by atoms with Gasteiger partial charge in [0.25, 0.3) is 5.91 Å². The lowest BCUT2D eigenvalue weighted by molar-refractivity contribution is -0.333. The number of aliphatic hydroxyl groups is 10. The standard InChI is InChI=1S/C26H49N5O15/c27-8-2-26(42,3-8)25(41)31-11-1-10(28)21(20(40)22(11)46-23-17(37)14(29)15(35)13(7-33)44-23)45-24-19(39)18(38)16(36)12(43-24)5-30-4-9(34)6-32/h8-24,30,32-40,42H,1-7,27-29H2,(H,31,41)/t8?,9?,10-,11+,12+,13+,14-,15+,16+,17+,18-,19+,20-,21+,22-,23+,24+,26?/m0/s1. The van der Waals surface area contributed by atoms with Gasteiger partial charge >= 0.3 is 0 Å². The van der Waals surface area contributed by atoms with Crippen molar-refractivity contribution >= 4 is 5.91 Å². The molecule has 0 radical (unpaired) electrons. The van der Waals surface area contributed by atoms with Gasteiger partial charge in [-0.2, -0.15) is 0 Å². The molecule has 4 aliphatic rings. The second-order valence-corrected chi connectivity index (χ2v) is 12.7. The largest absolute Gasteiger partial charge is 0.394 e. The van der Waals surface area contributed by atoms with Crippen molar-refractivity contribution in [3.8, 4) is 0 Å². The van der Waals surface area contributed by atoms with Gasteiger partial charge in [-0.25, -0.2) is 0 Å². The number of ether oxygens (including phenoxy) is 4. The van der Waals surface area contributed by atoms with Crippen LogP contribution in [0.2, 0.25) is 0 Å². The highest BCUT2D eigenvalue weighted by Crippen LogP contribution is 2.34. The van der Waals surface area contributed by atoms with E-state index in [4.69, 9.17) is 41.3 Å². The number of hydrogen-bond donors (Lipinski definition) is 15. The van der Waals surface area contributed by atoms with Crippen molar-refractivity contribution < 1.29 is 74.8 Å². The lowest BCUT2D eigenvalue weighted by Gasteiger charge is -2.49. The molecule has 2 aliphatic carbocycles. The average Bonchev–Trinajstić information content (AvgIpc) is 3.00. The number of nitrogens with two attached hydrogens (primary N) is 3. The third-order valence-corrected chi connectivity index (χ3v) is 9.08. The van der Waals surface area contributed by atoms with Gasteiger partial charge in [0.15, 0.2) is 12.6 Å². The number of amides is 1. The van der Waals surface area contributed by atoms with Crippen molar-refractivity contribution in [3.63, 3.8) is 0 Å². The summed E-state index contributed by atoms with van der Waals surface area (Å²) in [5.41, 5.74) is 16.2. The molecular weight excluding hydrogens is 622 g/mol. The number of aliphatic hydroxyl groups excluding tert-OH is 9. The zero-order valence-corrected chi connectivity index (χ0v) is 25.0. The average molecular weight is 672 g/mol. The Morgan fingerprint density at radius 2 is 1.46 bits per heavy atom. The molecule has 0 aromatic rings. The van der Waals surface area contributed by atoms with E-state index < -0.39 is 129 Å². The molecule has 20 nitrogen and oxygen atoms in total. The fraction of sp³-hybridized carbons (Fsp3) is 0.962. The highest BCUT2D eigenvalue weighted by molar-refractivity contribution is 5.86. The van der Waals surface area contributed by atoms with Crippen molar-refractivity contribution in [2.45, 2.75) is 129 Å². The number of carbonyl (C=O) groups excluding carboxylic acids is 1. The van der Waals surface area contributed by atoms with Gasteiger partial charge in [-0.1, -0.05) is 0 Å². The maximum absolute atomic E-state index is 13.0. The molecule has 4 fully saturated rings. The normalized spacial score (nSPS) is 48.8. The second kappa shape index (κ2) is 15.5. The summed E-state index contributed by atoms with van der Waals surface area (Å²) in [5.74, 6) is -0.818. The molecule has 268 valence electrons. The Bertz CT molecular complexity index is 997. The first kappa shape index (κ1) is 37.6. The van der Waals surface area contributed by atoms with Crippen molar-refractivity contribution in [1.82, 2.24) is 10.6 Å². The number of rotatable bonds is 12. The van der Waals surface area contributed by atoms with E-state index in [9.17, 15) is 50.8 Å². The van der Waals surface area contributed by atoms with Crippen LogP contribution in [0.3, 0.4) is 0 Å². The smallest absolute Gasteiger partial charge is 0.252 e. The molecule has 2 saturated heterocycles. The molecule has 2 saturated carbocycles. The Labute approximate surface area is 264 Å². The van der Waals surface area contributed by atoms with Gasteiger partial charge in [-0.3, -0.25) is 4.79 Å². The zero-order valence-electron chi connectivity index (χ0n) is 25.0. The number of carbonyl (C=O) groups is 1. The molecule has 2 heterocycles. The van der Waals surface area contributed by atoms with Crippen LogP contribution < -0.4 is 27.8 Å². The molecule has 4 rings (SSSR count). The lowest BCUT2D eigenvalue weighted by atomic mass is 9.75. The summed E-state index contributed by atoms with van der Waals surface area (Å²) in [6.45, 7) is -1.46. The lowest BCUT2D eigenvalue weighted by Crippen LogP contribution is -2.71. The third kappa shape index (κ3) is 7.96. The van der Waals surface area contributed by atoms with Crippen LogP contribution in [-0.4, -0.2) is 193 Å². The SMILES string of the molecule is NC1CC(O)(C(=O)N[C@@H]2C[C@H](N)[C@@H](O[C@H]3O[C@H](CNCC(O)CO)[C@@H](O)[C@H](O)[C@H]3O)[C@H](O)[C@H]2O[C@H]2O[C@H](CO)[C@@H](O)[C@H](N)[C@H]2O)C1. The molecule has 20 heteroatoms. The minimum absolute atomic E-state index is 0.0210. The molecule has 1 unspecified atom stereocenters. The van der Waals surface area contributed by atoms with Crippen molar-refractivity contribution in [2.24, 2.45) is 17.2 Å². The Balaban J connectivity index is 1.53. The monoisotopic (exact) mass is 671 g/mol. The van der Waals surface area contributed by atoms with Gasteiger partial charge in [-0.15, -0.1) is 0 Å². The summed E-state index contributed by atoms with van der Waals surface area (Å²) in [7, 11) is 0. The van der Waals surface area contributed by atoms with Crippen LogP contribution in [0, 0.1) is 0 Å². The Hall–Kier alpha value is -1.25. The predicted octanol–water partition coefficient (Wildman–Crippen LogP) is -9.30. The maximum Gasteiger partial charge on any atom is 0.252 e. The van der Waals surface area contributed by atoms with E-state index in [-0.39, 0.29) is 32.4 Å². The summed E-state index contributed by atoms with van der Waals surface area (Å²) in [6, 6.07) is -3.97. The Morgan fingerprint density at radius 3 is 2.07 bits per heavy atom. The quantitative estimate of drug-likeness (QED) is 0.0915. The summed E-state index contributed by atoms with van der Waals surface area (Å²) < 4.78 is 23.0. The first-order chi connectivity index (χ1) is 21.6. The van der Waals surface area contributed by atoms with Gasteiger partial charge in [-0.05, 0) is 6.42 Å². The van der Waals surface area contributed by atoms with Crippen LogP contribution in [0.1, 0.15) is 19.3 Å². The summed E-state index contributed by atoms with van der Waals surface area (Å²) in [6.07, 6.45) is -20.1. The molecule has 18 N–H and O–H groups in total. The van der Waals surface area contributed by atoms with E-state index in [2.05, 4.69) is 10.6 Å². The van der Waals surface area contributed by atoms with Crippen LogP contribution in [0.15, 0.2) is 0 Å². The fourth-order valence-electron chi connectivity index (χ4n) is 6.23. The third-order valence-electron chi connectivity index (χ3n) is 9.08. The van der Waals surface area contributed by atoms with E-state index in [1.807, 2.05) is 0 Å². The van der Waals surface area contributed by atoms with Crippen molar-refractivity contribution in [1.29, 1.82) is 0 Å². The summed E-state index contributed by atoms with van der Waals surface area (Å²) >= 11 is 0. The van der Waals surface area contributed by atoms with Gasteiger partial charge in [0, 0.05) is 38.0 Å². The first-order valence-corrected chi connectivity index (χ1v) is 15.2. The fourth-order valence-corrected chi connectivity index (χ4v) is 6.23. The molecule has 0 spiro atoms. The minimum atomic E-state index is -1.82. The summed E-state index contributed by atoms with van der Waals surface area (Å²) in [4.78, 5) is 13.0. The van der Waals surface area contributed by atoms with E-state index >= 15 is 0 Å². The molecule has 0 bridgehead atoms. The minimum Gasteiger partial charge on any atom is -0.394 e. The van der Waals surface area contributed by atoms with E-state index in [0.29, 0.717) is 0 Å². The highest BCUT2D eigenvalue weighted by Gasteiger charge is 2.54. The van der Waals surface area contributed by atoms with E-state index in [1.165, 1.54) is 0 Å². The van der Waals surface area contributed by atoms with E-state index in [0.717, 1.165) is 0 Å². The molecule has 46 heavy (non-hydrogen) atoms. The molecule has 16 atom stereocenters. The molecular formula is C26H49N5O15. The highest BCUT2D eigenvalue weighted by atomic mass is 16.7. The maximum atomic E-state index is 13.0. The molecule has 0 aromatic carbocycles. The molecule has 2 aliphatic heterocycles. The van der Waals surface area contributed by atoms with Crippen LogP contribution in [0.5, 0.6) is 0 Å². The zero-order chi connectivity index (χ0) is 34.1. The first-order valence-electron chi connectivity index (χ1n) is 15.2. The topological polar surface area (TPSA) is 358 Å². The Morgan fingerprint density at radius 1 is 0.848 bits per heavy atom. The summed E-state index contributed by atoms with van der Waals surface area (Å²) in [5, 5.41) is 108. The van der Waals surface area contributed by atoms with Gasteiger partial charge in [0.2, 0.25) is 0 Å². The van der Waals surface area contributed by atoms with Crippen LogP contribution in [0.4, 0.5) is 0 Å². The van der Waals surface area contributed by atoms with Gasteiger partial charge in [0.05, 0.1) is 31.4 Å². The van der Waals surface area contributed by atoms with Crippen molar-refractivity contribution in [2.75, 3.05) is 26.3 Å². The van der Waals surface area contributed by atoms with Crippen molar-refractivity contribution in [3.05, 3.63) is 0 Å². The predicted molar refractivity (Wildman–Crippen MR) is 151 cm³/mol. The van der Waals surface area contributed by atoms with Gasteiger partial charge < -0.3 is 97.8 Å². The number of nitrogens with one attached hydrogen (secondary N) is 2. The van der Waals surface area contributed by atoms with Crippen LogP contribution >= 0.6 is 0 Å². The Kier molecular flexibility index (Phi) is 12.7. The van der Waals surface area contributed by atoms with E-state index in [1.54, 1.807) is 0 Å². The number of hydrogen-bond acceptors (Lipinski definition) is 19. The van der Waals surface area contributed by atoms with Crippen LogP contribution in [-0.2, 0) is 23.7 Å².